The number of nitrogens with zero attached hydrogens (tertiary/aromatic N) is 2. The van der Waals surface area contributed by atoms with Crippen LogP contribution in [0.2, 0.25) is 0 Å². The van der Waals surface area contributed by atoms with E-state index < -0.39 is 0 Å². The van der Waals surface area contributed by atoms with Gasteiger partial charge in [0.2, 0.25) is 0 Å². The van der Waals surface area contributed by atoms with E-state index in [9.17, 15) is 4.79 Å². The number of hydrogen-bond acceptors (Lipinski definition) is 2. The molecule has 0 radical (unpaired) electrons. The molecule has 0 aliphatic rings. The highest BCUT2D eigenvalue weighted by Crippen LogP contribution is 2.20. The molecular formula is C15H16N4O. The number of aromatic amines is 1. The highest BCUT2D eigenvalue weighted by atomic mass is 16.1. The molecule has 0 unspecified atom stereocenters. The van der Waals surface area contributed by atoms with Crippen molar-refractivity contribution in [3.05, 3.63) is 48.3 Å². The Morgan fingerprint density at radius 3 is 2.90 bits per heavy atom. The molecule has 0 aliphatic heterocycles. The van der Waals surface area contributed by atoms with Crippen molar-refractivity contribution in [2.24, 2.45) is 0 Å². The standard InChI is InChI=1S/C15H16N4O/c1-10(2)19-14(7-8-17-19)18-15(20)12-9-16-13-6-4-3-5-11(12)13/h3-10,16H,1-2H3,(H,18,20). The van der Waals surface area contributed by atoms with Crippen LogP contribution in [0.4, 0.5) is 5.82 Å². The van der Waals surface area contributed by atoms with Crippen LogP contribution in [-0.2, 0) is 0 Å². The lowest BCUT2D eigenvalue weighted by Gasteiger charge is -2.11. The van der Waals surface area contributed by atoms with Gasteiger partial charge < -0.3 is 10.3 Å². The molecule has 20 heavy (non-hydrogen) atoms. The number of rotatable bonds is 3. The number of H-pyrrole nitrogens is 1. The molecule has 2 N–H and O–H groups in total. The van der Waals surface area contributed by atoms with Crippen LogP contribution < -0.4 is 5.32 Å². The van der Waals surface area contributed by atoms with Gasteiger partial charge in [-0.05, 0) is 19.9 Å². The smallest absolute Gasteiger partial charge is 0.258 e. The minimum Gasteiger partial charge on any atom is -0.360 e. The van der Waals surface area contributed by atoms with Gasteiger partial charge in [0.1, 0.15) is 5.82 Å². The molecule has 0 atom stereocenters. The number of aromatic nitrogens is 3. The van der Waals surface area contributed by atoms with Crippen molar-refractivity contribution < 1.29 is 4.79 Å². The summed E-state index contributed by atoms with van der Waals surface area (Å²) in [6, 6.07) is 9.74. The van der Waals surface area contributed by atoms with E-state index in [0.717, 1.165) is 10.9 Å². The van der Waals surface area contributed by atoms with Crippen molar-refractivity contribution >= 4 is 22.6 Å². The molecule has 102 valence electrons. The number of fused-ring (bicyclic) bond motifs is 1. The Labute approximate surface area is 116 Å². The highest BCUT2D eigenvalue weighted by Gasteiger charge is 2.14. The van der Waals surface area contributed by atoms with E-state index in [-0.39, 0.29) is 11.9 Å². The third-order valence-electron chi connectivity index (χ3n) is 3.23. The van der Waals surface area contributed by atoms with Crippen molar-refractivity contribution in [3.8, 4) is 0 Å². The lowest BCUT2D eigenvalue weighted by Crippen LogP contribution is -2.16. The largest absolute Gasteiger partial charge is 0.360 e. The zero-order chi connectivity index (χ0) is 14.1. The summed E-state index contributed by atoms with van der Waals surface area (Å²) in [7, 11) is 0. The van der Waals surface area contributed by atoms with Gasteiger partial charge in [-0.15, -0.1) is 0 Å². The molecule has 0 saturated heterocycles. The molecule has 5 nitrogen and oxygen atoms in total. The van der Waals surface area contributed by atoms with Gasteiger partial charge in [-0.1, -0.05) is 18.2 Å². The summed E-state index contributed by atoms with van der Waals surface area (Å²) >= 11 is 0. The van der Waals surface area contributed by atoms with E-state index >= 15 is 0 Å². The maximum atomic E-state index is 12.4. The average molecular weight is 268 g/mol. The van der Waals surface area contributed by atoms with Gasteiger partial charge in [-0.2, -0.15) is 5.10 Å². The van der Waals surface area contributed by atoms with Crippen molar-refractivity contribution in [1.82, 2.24) is 14.8 Å². The Balaban J connectivity index is 1.91. The third-order valence-corrected chi connectivity index (χ3v) is 3.23. The Hall–Kier alpha value is -2.56. The Morgan fingerprint density at radius 1 is 1.30 bits per heavy atom. The zero-order valence-electron chi connectivity index (χ0n) is 11.4. The Morgan fingerprint density at radius 2 is 2.10 bits per heavy atom. The fourth-order valence-electron chi connectivity index (χ4n) is 2.27. The minimum atomic E-state index is -0.134. The van der Waals surface area contributed by atoms with E-state index in [1.54, 1.807) is 23.1 Å². The van der Waals surface area contributed by atoms with Gasteiger partial charge in [-0.3, -0.25) is 4.79 Å². The number of benzene rings is 1. The molecule has 0 bridgehead atoms. The first kappa shape index (κ1) is 12.5. The van der Waals surface area contributed by atoms with E-state index in [1.165, 1.54) is 0 Å². The van der Waals surface area contributed by atoms with Crippen LogP contribution >= 0.6 is 0 Å². The van der Waals surface area contributed by atoms with E-state index in [2.05, 4.69) is 15.4 Å². The number of carbonyl (C=O) groups is 1. The van der Waals surface area contributed by atoms with Crippen LogP contribution in [0.15, 0.2) is 42.7 Å². The van der Waals surface area contributed by atoms with E-state index in [4.69, 9.17) is 0 Å². The molecule has 0 aliphatic carbocycles. The molecule has 1 amide bonds. The fraction of sp³-hybridized carbons (Fsp3) is 0.200. The second-order valence-corrected chi connectivity index (χ2v) is 4.96. The maximum absolute atomic E-state index is 12.4. The predicted molar refractivity (Wildman–Crippen MR) is 78.9 cm³/mol. The zero-order valence-corrected chi connectivity index (χ0v) is 11.4. The van der Waals surface area contributed by atoms with Crippen LogP contribution in [0.3, 0.4) is 0 Å². The Bertz CT molecular complexity index is 754. The van der Waals surface area contributed by atoms with Crippen molar-refractivity contribution in [3.63, 3.8) is 0 Å². The summed E-state index contributed by atoms with van der Waals surface area (Å²) in [5, 5.41) is 8.03. The first-order valence-electron chi connectivity index (χ1n) is 6.58. The van der Waals surface area contributed by atoms with Gasteiger partial charge in [0.15, 0.2) is 0 Å². The highest BCUT2D eigenvalue weighted by molar-refractivity contribution is 6.12. The second kappa shape index (κ2) is 4.85. The van der Waals surface area contributed by atoms with Gasteiger partial charge in [0, 0.05) is 29.2 Å². The first-order valence-corrected chi connectivity index (χ1v) is 6.58. The first-order chi connectivity index (χ1) is 9.66. The number of hydrogen-bond donors (Lipinski definition) is 2. The lowest BCUT2D eigenvalue weighted by molar-refractivity contribution is 0.102. The normalized spacial score (nSPS) is 11.2. The van der Waals surface area contributed by atoms with Crippen LogP contribution in [0.5, 0.6) is 0 Å². The fourth-order valence-corrected chi connectivity index (χ4v) is 2.27. The topological polar surface area (TPSA) is 62.7 Å². The quantitative estimate of drug-likeness (QED) is 0.766. The van der Waals surface area contributed by atoms with Crippen LogP contribution in [-0.4, -0.2) is 20.7 Å². The number of para-hydroxylation sites is 1. The molecule has 3 aromatic rings. The van der Waals surface area contributed by atoms with Crippen molar-refractivity contribution in [2.45, 2.75) is 19.9 Å². The number of nitrogens with one attached hydrogen (secondary N) is 2. The molecule has 0 fully saturated rings. The molecule has 0 saturated carbocycles. The van der Waals surface area contributed by atoms with Crippen LogP contribution in [0.25, 0.3) is 10.9 Å². The van der Waals surface area contributed by atoms with Gasteiger partial charge in [-0.25, -0.2) is 4.68 Å². The van der Waals surface area contributed by atoms with E-state index in [0.29, 0.717) is 11.4 Å². The van der Waals surface area contributed by atoms with Crippen LogP contribution in [0, 0.1) is 0 Å². The molecule has 2 heterocycles. The minimum absolute atomic E-state index is 0.134. The summed E-state index contributed by atoms with van der Waals surface area (Å²) < 4.78 is 1.78. The molecular weight excluding hydrogens is 252 g/mol. The third kappa shape index (κ3) is 2.07. The monoisotopic (exact) mass is 268 g/mol. The number of anilines is 1. The van der Waals surface area contributed by atoms with Gasteiger partial charge in [0.25, 0.3) is 5.91 Å². The molecule has 0 spiro atoms. The molecule has 2 aromatic heterocycles. The maximum Gasteiger partial charge on any atom is 0.258 e. The molecule has 3 rings (SSSR count). The predicted octanol–water partition coefficient (Wildman–Crippen LogP) is 3.20. The average Bonchev–Trinajstić information content (AvgIpc) is 3.04. The number of carbonyl (C=O) groups excluding carboxylic acids is 1. The summed E-state index contributed by atoms with van der Waals surface area (Å²) in [5.74, 6) is 0.570. The molecule has 5 heteroatoms. The summed E-state index contributed by atoms with van der Waals surface area (Å²) in [4.78, 5) is 15.5. The van der Waals surface area contributed by atoms with E-state index in [1.807, 2.05) is 38.1 Å². The molecule has 1 aromatic carbocycles. The second-order valence-electron chi connectivity index (χ2n) is 4.96. The Kier molecular flexibility index (Phi) is 3.02. The summed E-state index contributed by atoms with van der Waals surface area (Å²) in [6.07, 6.45) is 3.42. The summed E-state index contributed by atoms with van der Waals surface area (Å²) in [5.41, 5.74) is 1.59. The van der Waals surface area contributed by atoms with Gasteiger partial charge in [0.05, 0.1) is 11.8 Å². The van der Waals surface area contributed by atoms with Crippen molar-refractivity contribution in [2.75, 3.05) is 5.32 Å². The van der Waals surface area contributed by atoms with Crippen LogP contribution in [0.1, 0.15) is 30.2 Å². The SMILES string of the molecule is CC(C)n1nccc1NC(=O)c1c[nH]c2ccccc12. The van der Waals surface area contributed by atoms with Gasteiger partial charge >= 0.3 is 0 Å². The number of amides is 1. The van der Waals surface area contributed by atoms with Crippen molar-refractivity contribution in [1.29, 1.82) is 0 Å². The lowest BCUT2D eigenvalue weighted by atomic mass is 10.1. The summed E-state index contributed by atoms with van der Waals surface area (Å²) in [6.45, 7) is 4.04.